The first-order valence-corrected chi connectivity index (χ1v) is 11.3. The van der Waals surface area contributed by atoms with Crippen LogP contribution in [0.1, 0.15) is 18.4 Å². The molecule has 1 saturated heterocycles. The van der Waals surface area contributed by atoms with Crippen molar-refractivity contribution in [2.24, 2.45) is 0 Å². The Morgan fingerprint density at radius 1 is 1.14 bits per heavy atom. The maximum absolute atomic E-state index is 13.2. The number of aryl methyl sites for hydroxylation is 1. The zero-order chi connectivity index (χ0) is 21.2. The van der Waals surface area contributed by atoms with Crippen molar-refractivity contribution in [3.05, 3.63) is 46.4 Å². The van der Waals surface area contributed by atoms with E-state index in [9.17, 15) is 13.2 Å². The van der Waals surface area contributed by atoms with E-state index in [2.05, 4.69) is 21.2 Å². The van der Waals surface area contributed by atoms with Crippen molar-refractivity contribution in [3.8, 4) is 11.5 Å². The summed E-state index contributed by atoms with van der Waals surface area (Å²) < 4.78 is 39.0. The van der Waals surface area contributed by atoms with Crippen LogP contribution in [0.25, 0.3) is 0 Å². The van der Waals surface area contributed by atoms with E-state index in [-0.39, 0.29) is 17.3 Å². The van der Waals surface area contributed by atoms with Crippen LogP contribution in [0.3, 0.4) is 0 Å². The largest absolute Gasteiger partial charge is 0.493 e. The molecule has 1 aliphatic rings. The molecule has 0 radical (unpaired) electrons. The molecule has 1 fully saturated rings. The number of ether oxygens (including phenoxy) is 2. The van der Waals surface area contributed by atoms with Crippen molar-refractivity contribution in [2.75, 3.05) is 26.1 Å². The molecule has 0 bridgehead atoms. The van der Waals surface area contributed by atoms with Crippen molar-refractivity contribution in [1.29, 1.82) is 0 Å². The highest BCUT2D eigenvalue weighted by Gasteiger charge is 2.39. The van der Waals surface area contributed by atoms with Gasteiger partial charge in [0.05, 0.1) is 19.1 Å². The number of anilines is 1. The molecular formula is C20H23BrN2O5S. The maximum atomic E-state index is 13.2. The number of carbonyl (C=O) groups excluding carboxylic acids is 1. The van der Waals surface area contributed by atoms with Gasteiger partial charge in [0.25, 0.3) is 0 Å². The standard InChI is InChI=1S/C20H23BrN2O5S/c1-13-11-14(6-8-16(13)21)22-20(24)17-5-4-10-23(17)29(25,26)15-7-9-18(27-2)19(12-15)28-3/h6-9,11-12,17H,4-5,10H2,1-3H3,(H,22,24). The number of methoxy groups -OCH3 is 2. The average molecular weight is 483 g/mol. The molecule has 1 unspecified atom stereocenters. The SMILES string of the molecule is COc1ccc(S(=O)(=O)N2CCCC2C(=O)Nc2ccc(Br)c(C)c2)cc1OC. The molecule has 156 valence electrons. The summed E-state index contributed by atoms with van der Waals surface area (Å²) in [7, 11) is -0.940. The Balaban J connectivity index is 1.85. The molecule has 29 heavy (non-hydrogen) atoms. The van der Waals surface area contributed by atoms with Crippen LogP contribution >= 0.6 is 15.9 Å². The van der Waals surface area contributed by atoms with Gasteiger partial charge >= 0.3 is 0 Å². The smallest absolute Gasteiger partial charge is 0.243 e. The zero-order valence-corrected chi connectivity index (χ0v) is 18.8. The van der Waals surface area contributed by atoms with Crippen LogP contribution in [-0.2, 0) is 14.8 Å². The first kappa shape index (κ1) is 21.6. The number of benzene rings is 2. The van der Waals surface area contributed by atoms with E-state index >= 15 is 0 Å². The quantitative estimate of drug-likeness (QED) is 0.679. The number of nitrogens with zero attached hydrogens (tertiary/aromatic N) is 1. The van der Waals surface area contributed by atoms with Crippen LogP contribution in [0.4, 0.5) is 5.69 Å². The molecule has 0 saturated carbocycles. The predicted molar refractivity (Wildman–Crippen MR) is 114 cm³/mol. The van der Waals surface area contributed by atoms with Gasteiger partial charge in [0.2, 0.25) is 15.9 Å². The van der Waals surface area contributed by atoms with E-state index in [0.29, 0.717) is 30.0 Å². The highest BCUT2D eigenvalue weighted by molar-refractivity contribution is 9.10. The van der Waals surface area contributed by atoms with Gasteiger partial charge in [0.1, 0.15) is 6.04 Å². The zero-order valence-electron chi connectivity index (χ0n) is 16.4. The lowest BCUT2D eigenvalue weighted by Gasteiger charge is -2.24. The van der Waals surface area contributed by atoms with Gasteiger partial charge in [-0.2, -0.15) is 4.31 Å². The topological polar surface area (TPSA) is 84.9 Å². The van der Waals surface area contributed by atoms with Crippen molar-refractivity contribution in [3.63, 3.8) is 0 Å². The summed E-state index contributed by atoms with van der Waals surface area (Å²) in [6.07, 6.45) is 1.08. The van der Waals surface area contributed by atoms with Crippen LogP contribution in [0, 0.1) is 6.92 Å². The van der Waals surface area contributed by atoms with E-state index in [4.69, 9.17) is 9.47 Å². The first-order chi connectivity index (χ1) is 13.8. The lowest BCUT2D eigenvalue weighted by Crippen LogP contribution is -2.43. The summed E-state index contributed by atoms with van der Waals surface area (Å²) in [5, 5.41) is 2.84. The molecule has 1 heterocycles. The number of hydrogen-bond acceptors (Lipinski definition) is 5. The van der Waals surface area contributed by atoms with Crippen LogP contribution in [0.2, 0.25) is 0 Å². The van der Waals surface area contributed by atoms with E-state index in [1.54, 1.807) is 12.1 Å². The molecular weight excluding hydrogens is 460 g/mol. The molecule has 9 heteroatoms. The van der Waals surface area contributed by atoms with E-state index in [1.807, 2.05) is 19.1 Å². The number of nitrogens with one attached hydrogen (secondary N) is 1. The molecule has 1 aliphatic heterocycles. The summed E-state index contributed by atoms with van der Waals surface area (Å²) in [5.41, 5.74) is 1.61. The van der Waals surface area contributed by atoms with Crippen molar-refractivity contribution in [1.82, 2.24) is 4.31 Å². The average Bonchev–Trinajstić information content (AvgIpc) is 3.21. The minimum atomic E-state index is -3.87. The summed E-state index contributed by atoms with van der Waals surface area (Å²) in [6.45, 7) is 2.21. The van der Waals surface area contributed by atoms with Gasteiger partial charge in [-0.1, -0.05) is 15.9 Å². The van der Waals surface area contributed by atoms with Gasteiger partial charge in [-0.15, -0.1) is 0 Å². The molecule has 2 aromatic carbocycles. The fourth-order valence-electron chi connectivity index (χ4n) is 3.35. The van der Waals surface area contributed by atoms with E-state index < -0.39 is 16.1 Å². The normalized spacial score (nSPS) is 17.2. The Hall–Kier alpha value is -2.10. The first-order valence-electron chi connectivity index (χ1n) is 9.09. The van der Waals surface area contributed by atoms with Gasteiger partial charge in [-0.25, -0.2) is 8.42 Å². The van der Waals surface area contributed by atoms with Gasteiger partial charge in [0, 0.05) is 22.8 Å². The van der Waals surface area contributed by atoms with Crippen LogP contribution in [-0.4, -0.2) is 45.4 Å². The molecule has 0 spiro atoms. The highest BCUT2D eigenvalue weighted by Crippen LogP contribution is 2.33. The third kappa shape index (κ3) is 4.41. The van der Waals surface area contributed by atoms with Crippen molar-refractivity contribution >= 4 is 37.5 Å². The van der Waals surface area contributed by atoms with Gasteiger partial charge in [-0.3, -0.25) is 4.79 Å². The number of carbonyl (C=O) groups is 1. The Bertz CT molecular complexity index is 1030. The minimum absolute atomic E-state index is 0.0642. The molecule has 7 nitrogen and oxygen atoms in total. The fraction of sp³-hybridized carbons (Fsp3) is 0.350. The lowest BCUT2D eigenvalue weighted by molar-refractivity contribution is -0.119. The van der Waals surface area contributed by atoms with Crippen LogP contribution in [0.5, 0.6) is 11.5 Å². The van der Waals surface area contributed by atoms with Crippen molar-refractivity contribution in [2.45, 2.75) is 30.7 Å². The van der Waals surface area contributed by atoms with Crippen LogP contribution in [0.15, 0.2) is 45.8 Å². The molecule has 0 aliphatic carbocycles. The Kier molecular flexibility index (Phi) is 6.50. The molecule has 3 rings (SSSR count). The third-order valence-corrected chi connectivity index (χ3v) is 7.69. The summed E-state index contributed by atoms with van der Waals surface area (Å²) >= 11 is 3.43. The second kappa shape index (κ2) is 8.73. The van der Waals surface area contributed by atoms with Gasteiger partial charge in [0.15, 0.2) is 11.5 Å². The second-order valence-corrected chi connectivity index (χ2v) is 9.49. The molecule has 0 aromatic heterocycles. The number of rotatable bonds is 6. The molecule has 1 N–H and O–H groups in total. The van der Waals surface area contributed by atoms with Crippen molar-refractivity contribution < 1.29 is 22.7 Å². The summed E-state index contributed by atoms with van der Waals surface area (Å²) in [5.74, 6) is 0.417. The third-order valence-electron chi connectivity index (χ3n) is 4.89. The van der Waals surface area contributed by atoms with E-state index in [0.717, 1.165) is 10.0 Å². The second-order valence-electron chi connectivity index (χ2n) is 6.74. The monoisotopic (exact) mass is 482 g/mol. The van der Waals surface area contributed by atoms with E-state index in [1.165, 1.54) is 30.7 Å². The number of halogens is 1. The van der Waals surface area contributed by atoms with Gasteiger partial charge in [-0.05, 0) is 55.7 Å². The number of amides is 1. The molecule has 2 aromatic rings. The minimum Gasteiger partial charge on any atom is -0.493 e. The Labute approximate surface area is 179 Å². The molecule has 1 amide bonds. The predicted octanol–water partition coefficient (Wildman–Crippen LogP) is 3.57. The number of sulfonamides is 1. The Morgan fingerprint density at radius 2 is 1.86 bits per heavy atom. The highest BCUT2D eigenvalue weighted by atomic mass is 79.9. The Morgan fingerprint density at radius 3 is 2.52 bits per heavy atom. The lowest BCUT2D eigenvalue weighted by atomic mass is 10.2. The maximum Gasteiger partial charge on any atom is 0.243 e. The summed E-state index contributed by atoms with van der Waals surface area (Å²) in [6, 6.07) is 9.11. The number of hydrogen-bond donors (Lipinski definition) is 1. The van der Waals surface area contributed by atoms with Crippen LogP contribution < -0.4 is 14.8 Å². The summed E-state index contributed by atoms with van der Waals surface area (Å²) in [4.78, 5) is 12.9. The molecule has 1 atom stereocenters. The fourth-order valence-corrected chi connectivity index (χ4v) is 5.27. The van der Waals surface area contributed by atoms with Gasteiger partial charge < -0.3 is 14.8 Å².